The number of aromatic nitrogens is 2. The highest BCUT2D eigenvalue weighted by atomic mass is 15.0. The van der Waals surface area contributed by atoms with Crippen molar-refractivity contribution in [2.24, 2.45) is 0 Å². The van der Waals surface area contributed by atoms with E-state index in [9.17, 15) is 0 Å². The molecule has 0 unspecified atom stereocenters. The monoisotopic (exact) mass is 337 g/mol. The molecule has 2 nitrogen and oxygen atoms in total. The summed E-state index contributed by atoms with van der Waals surface area (Å²) in [6.45, 7) is 8.03. The van der Waals surface area contributed by atoms with Gasteiger partial charge >= 0.3 is 0 Å². The van der Waals surface area contributed by atoms with Crippen molar-refractivity contribution in [2.75, 3.05) is 0 Å². The first-order valence-electron chi connectivity index (χ1n) is 9.43. The van der Waals surface area contributed by atoms with Crippen LogP contribution in [0.15, 0.2) is 48.9 Å². The van der Waals surface area contributed by atoms with Crippen LogP contribution in [0, 0.1) is 6.92 Å². The first kappa shape index (κ1) is 14.4. The number of rotatable bonds is 0. The van der Waals surface area contributed by atoms with Crippen LogP contribution in [-0.2, 0) is 18.4 Å². The zero-order chi connectivity index (χ0) is 17.6. The van der Waals surface area contributed by atoms with E-state index in [1.165, 1.54) is 55.1 Å². The van der Waals surface area contributed by atoms with Gasteiger partial charge < -0.3 is 0 Å². The Bertz CT molecular complexity index is 1260. The number of hydrogen-bond acceptors (Lipinski definition) is 1. The minimum absolute atomic E-state index is 0.00463. The molecule has 6 rings (SSSR count). The third-order valence-electron chi connectivity index (χ3n) is 6.51. The Kier molecular flexibility index (Phi) is 2.50. The number of aryl methyl sites for hydroxylation is 3. The van der Waals surface area contributed by atoms with Gasteiger partial charge in [0.2, 0.25) is 5.69 Å². The van der Waals surface area contributed by atoms with E-state index >= 15 is 0 Å². The predicted octanol–water partition coefficient (Wildman–Crippen LogP) is 4.85. The Morgan fingerprint density at radius 2 is 1.92 bits per heavy atom. The van der Waals surface area contributed by atoms with E-state index in [0.29, 0.717) is 0 Å². The molecule has 0 fully saturated rings. The summed E-state index contributed by atoms with van der Waals surface area (Å²) >= 11 is 0. The highest BCUT2D eigenvalue weighted by molar-refractivity contribution is 6.04. The highest BCUT2D eigenvalue weighted by Gasteiger charge is 2.41. The molecule has 2 aliphatic rings. The Labute approximate surface area is 153 Å². The minimum Gasteiger partial charge on any atom is -0.264 e. The third-order valence-corrected chi connectivity index (χ3v) is 6.51. The standard InChI is InChI=1S/C24H21N2/c1-14-10-16-5-8-26-9-6-17-18-13-25-7-4-15(18)12-20-22(17)23(26)21(16)19(11-14)24(20,2)3/h4-5,7-8,10-13H,6,9H2,1-3H3/q+1. The lowest BCUT2D eigenvalue weighted by atomic mass is 9.67. The van der Waals surface area contributed by atoms with Crippen molar-refractivity contribution in [3.05, 3.63) is 71.2 Å². The Morgan fingerprint density at radius 3 is 2.81 bits per heavy atom. The van der Waals surface area contributed by atoms with Gasteiger partial charge in [-0.2, -0.15) is 4.57 Å². The van der Waals surface area contributed by atoms with Crippen molar-refractivity contribution in [2.45, 2.75) is 39.2 Å². The molecule has 0 saturated carbocycles. The molecule has 2 heteroatoms. The summed E-state index contributed by atoms with van der Waals surface area (Å²) in [5, 5.41) is 5.45. The molecule has 4 aromatic rings. The van der Waals surface area contributed by atoms with Gasteiger partial charge in [0.15, 0.2) is 12.7 Å². The van der Waals surface area contributed by atoms with Gasteiger partial charge in [0, 0.05) is 35.7 Å². The maximum Gasteiger partial charge on any atom is 0.221 e. The molecular formula is C24H21N2+. The molecule has 0 spiro atoms. The Morgan fingerprint density at radius 1 is 1.04 bits per heavy atom. The Balaban J connectivity index is 1.93. The molecule has 126 valence electrons. The SMILES string of the molecule is Cc1cc2c3c4[n+](ccc3c1)CCc1c-4c(cc3ccncc13)C2(C)C. The van der Waals surface area contributed by atoms with Crippen LogP contribution in [0.25, 0.3) is 32.8 Å². The number of nitrogens with zero attached hydrogens (tertiary/aromatic N) is 2. The van der Waals surface area contributed by atoms with Gasteiger partial charge in [0.25, 0.3) is 0 Å². The largest absolute Gasteiger partial charge is 0.264 e. The normalized spacial score (nSPS) is 16.3. The molecule has 0 amide bonds. The van der Waals surface area contributed by atoms with Crippen LogP contribution in [0.5, 0.6) is 0 Å². The van der Waals surface area contributed by atoms with Crippen LogP contribution in [0.3, 0.4) is 0 Å². The van der Waals surface area contributed by atoms with Crippen LogP contribution in [0.2, 0.25) is 0 Å². The summed E-state index contributed by atoms with van der Waals surface area (Å²) in [5.74, 6) is 0. The highest BCUT2D eigenvalue weighted by Crippen LogP contribution is 2.51. The van der Waals surface area contributed by atoms with E-state index < -0.39 is 0 Å². The fourth-order valence-electron chi connectivity index (χ4n) is 5.26. The summed E-state index contributed by atoms with van der Waals surface area (Å²) in [6, 6.07) is 11.6. The molecule has 26 heavy (non-hydrogen) atoms. The van der Waals surface area contributed by atoms with Crippen LogP contribution in [0.1, 0.15) is 36.1 Å². The predicted molar refractivity (Wildman–Crippen MR) is 105 cm³/mol. The first-order chi connectivity index (χ1) is 12.6. The van der Waals surface area contributed by atoms with Gasteiger partial charge in [-0.25, -0.2) is 0 Å². The number of benzene rings is 2. The molecule has 2 aromatic carbocycles. The van der Waals surface area contributed by atoms with Crippen molar-refractivity contribution < 1.29 is 4.57 Å². The average molecular weight is 337 g/mol. The quantitative estimate of drug-likeness (QED) is 0.419. The number of pyridine rings is 2. The van der Waals surface area contributed by atoms with Crippen LogP contribution in [-0.4, -0.2) is 4.98 Å². The van der Waals surface area contributed by atoms with Crippen LogP contribution in [0.4, 0.5) is 0 Å². The van der Waals surface area contributed by atoms with E-state index in [2.05, 4.69) is 73.0 Å². The molecule has 0 saturated heterocycles. The second-order valence-electron chi connectivity index (χ2n) is 8.38. The zero-order valence-electron chi connectivity index (χ0n) is 15.4. The minimum atomic E-state index is -0.00463. The average Bonchev–Trinajstić information content (AvgIpc) is 2.64. The van der Waals surface area contributed by atoms with Gasteiger partial charge in [-0.05, 0) is 46.5 Å². The Hall–Kier alpha value is -2.74. The van der Waals surface area contributed by atoms with Gasteiger partial charge in [0.1, 0.15) is 0 Å². The smallest absolute Gasteiger partial charge is 0.221 e. The van der Waals surface area contributed by atoms with E-state index in [0.717, 1.165) is 13.0 Å². The molecule has 3 heterocycles. The lowest BCUT2D eigenvalue weighted by Crippen LogP contribution is -2.43. The van der Waals surface area contributed by atoms with Crippen LogP contribution >= 0.6 is 0 Å². The topological polar surface area (TPSA) is 16.8 Å². The number of hydrogen-bond donors (Lipinski definition) is 0. The fraction of sp³-hybridized carbons (Fsp3) is 0.250. The molecule has 0 bridgehead atoms. The summed E-state index contributed by atoms with van der Waals surface area (Å²) in [4.78, 5) is 4.43. The lowest BCUT2D eigenvalue weighted by molar-refractivity contribution is -0.686. The third kappa shape index (κ3) is 1.58. The van der Waals surface area contributed by atoms with Crippen LogP contribution < -0.4 is 4.57 Å². The lowest BCUT2D eigenvalue weighted by Gasteiger charge is -2.36. The summed E-state index contributed by atoms with van der Waals surface area (Å²) in [5.41, 5.74) is 8.63. The molecule has 2 aromatic heterocycles. The number of fused-ring (bicyclic) bond motifs is 2. The summed E-state index contributed by atoms with van der Waals surface area (Å²) < 4.78 is 2.46. The van der Waals surface area contributed by atoms with Gasteiger partial charge in [0.05, 0.1) is 10.9 Å². The molecule has 1 aliphatic heterocycles. The second kappa shape index (κ2) is 4.50. The molecule has 1 aliphatic carbocycles. The van der Waals surface area contributed by atoms with Crippen molar-refractivity contribution in [1.29, 1.82) is 0 Å². The molecular weight excluding hydrogens is 316 g/mol. The molecule has 0 radical (unpaired) electrons. The van der Waals surface area contributed by atoms with Gasteiger partial charge in [-0.1, -0.05) is 31.5 Å². The molecule has 0 atom stereocenters. The van der Waals surface area contributed by atoms with Crippen molar-refractivity contribution in [3.8, 4) is 11.3 Å². The van der Waals surface area contributed by atoms with E-state index in [-0.39, 0.29) is 5.41 Å². The van der Waals surface area contributed by atoms with E-state index in [1.54, 1.807) is 0 Å². The summed E-state index contributed by atoms with van der Waals surface area (Å²) in [6.07, 6.45) is 7.32. The second-order valence-corrected chi connectivity index (χ2v) is 8.38. The van der Waals surface area contributed by atoms with Crippen molar-refractivity contribution >= 4 is 21.5 Å². The summed E-state index contributed by atoms with van der Waals surface area (Å²) in [7, 11) is 0. The van der Waals surface area contributed by atoms with Gasteiger partial charge in [-0.3, -0.25) is 4.98 Å². The maximum atomic E-state index is 4.43. The van der Waals surface area contributed by atoms with E-state index in [4.69, 9.17) is 0 Å². The maximum absolute atomic E-state index is 4.43. The van der Waals surface area contributed by atoms with Gasteiger partial charge in [-0.15, -0.1) is 0 Å². The van der Waals surface area contributed by atoms with Crippen molar-refractivity contribution in [1.82, 2.24) is 4.98 Å². The first-order valence-corrected chi connectivity index (χ1v) is 9.43. The fourth-order valence-corrected chi connectivity index (χ4v) is 5.26. The van der Waals surface area contributed by atoms with Crippen molar-refractivity contribution in [3.63, 3.8) is 0 Å². The van der Waals surface area contributed by atoms with E-state index in [1.807, 2.05) is 6.20 Å². The molecule has 0 N–H and O–H groups in total. The zero-order valence-corrected chi connectivity index (χ0v) is 15.4.